The molecule has 0 atom stereocenters. The highest BCUT2D eigenvalue weighted by atomic mass is 16.5. The smallest absolute Gasteiger partial charge is 0.341 e. The quantitative estimate of drug-likeness (QED) is 0.491. The van der Waals surface area contributed by atoms with Gasteiger partial charge in [-0.1, -0.05) is 12.1 Å². The Morgan fingerprint density at radius 2 is 1.86 bits per heavy atom. The van der Waals surface area contributed by atoms with Gasteiger partial charge in [-0.25, -0.2) is 4.79 Å². The molecule has 2 aromatic carbocycles. The van der Waals surface area contributed by atoms with Gasteiger partial charge in [0.15, 0.2) is 5.78 Å². The van der Waals surface area contributed by atoms with Crippen molar-refractivity contribution < 1.29 is 19.1 Å². The number of pyridine rings is 1. The van der Waals surface area contributed by atoms with Crippen molar-refractivity contribution in [1.82, 2.24) is 10.3 Å². The van der Waals surface area contributed by atoms with E-state index in [1.807, 2.05) is 0 Å². The van der Waals surface area contributed by atoms with Crippen LogP contribution in [-0.4, -0.2) is 36.3 Å². The number of ketones is 1. The lowest BCUT2D eigenvalue weighted by atomic mass is 10.0. The number of ether oxygens (including phenoxy) is 1. The van der Waals surface area contributed by atoms with Crippen LogP contribution in [0.25, 0.3) is 10.9 Å². The summed E-state index contributed by atoms with van der Waals surface area (Å²) >= 11 is 0. The monoisotopic (exact) mass is 391 g/mol. The molecule has 1 amide bonds. The van der Waals surface area contributed by atoms with E-state index in [0.29, 0.717) is 33.4 Å². The Morgan fingerprint density at radius 3 is 2.55 bits per heavy atom. The Bertz CT molecular complexity index is 1110. The van der Waals surface area contributed by atoms with Gasteiger partial charge in [0, 0.05) is 35.4 Å². The highest BCUT2D eigenvalue weighted by Gasteiger charge is 2.18. The number of Topliss-reactive ketones (excluding diaryl/α,β-unsaturated/α-hetero) is 1. The lowest BCUT2D eigenvalue weighted by Crippen LogP contribution is -2.17. The third-order valence-corrected chi connectivity index (χ3v) is 4.39. The van der Waals surface area contributed by atoms with Crippen molar-refractivity contribution in [3.63, 3.8) is 0 Å². The molecule has 1 heterocycles. The second kappa shape index (κ2) is 8.52. The lowest BCUT2D eigenvalue weighted by Gasteiger charge is -2.15. The minimum absolute atomic E-state index is 0.0687. The molecule has 0 fully saturated rings. The predicted molar refractivity (Wildman–Crippen MR) is 111 cm³/mol. The fraction of sp³-hybridized carbons (Fsp3) is 0.182. The summed E-state index contributed by atoms with van der Waals surface area (Å²) in [5.74, 6) is -0.851. The van der Waals surface area contributed by atoms with Crippen LogP contribution in [0.2, 0.25) is 0 Å². The molecule has 0 aliphatic heterocycles. The van der Waals surface area contributed by atoms with Gasteiger partial charge in [-0.3, -0.25) is 14.6 Å². The molecule has 0 bridgehead atoms. The second-order valence-electron chi connectivity index (χ2n) is 6.34. The Labute approximate surface area is 168 Å². The second-order valence-corrected chi connectivity index (χ2v) is 6.34. The van der Waals surface area contributed by atoms with Crippen LogP contribution < -0.4 is 10.6 Å². The molecular weight excluding hydrogens is 370 g/mol. The topological polar surface area (TPSA) is 97.4 Å². The van der Waals surface area contributed by atoms with E-state index in [1.165, 1.54) is 13.1 Å². The molecule has 2 N–H and O–H groups in total. The van der Waals surface area contributed by atoms with E-state index in [4.69, 9.17) is 4.74 Å². The number of esters is 1. The minimum Gasteiger partial charge on any atom is -0.462 e. The zero-order valence-corrected chi connectivity index (χ0v) is 16.4. The number of fused-ring (bicyclic) bond motifs is 1. The third kappa shape index (κ3) is 4.24. The van der Waals surface area contributed by atoms with Crippen LogP contribution in [0.15, 0.2) is 48.7 Å². The number of hydrogen-bond acceptors (Lipinski definition) is 6. The van der Waals surface area contributed by atoms with Gasteiger partial charge in [0.05, 0.1) is 17.8 Å². The molecule has 3 aromatic rings. The van der Waals surface area contributed by atoms with E-state index >= 15 is 0 Å². The van der Waals surface area contributed by atoms with Crippen molar-refractivity contribution in [2.75, 3.05) is 19.0 Å². The van der Waals surface area contributed by atoms with Crippen LogP contribution in [-0.2, 0) is 4.74 Å². The number of nitrogens with zero attached hydrogens (tertiary/aromatic N) is 1. The summed E-state index contributed by atoms with van der Waals surface area (Å²) in [6.45, 7) is 3.43. The SMILES string of the molecule is CCOC(=O)c1cnc2ccc(C(=O)NC)cc2c1Nc1cccc(C(C)=O)c1. The molecule has 0 unspecified atom stereocenters. The predicted octanol–water partition coefficient (Wildman–Crippen LogP) is 3.72. The van der Waals surface area contributed by atoms with Gasteiger partial charge >= 0.3 is 5.97 Å². The normalized spacial score (nSPS) is 10.4. The summed E-state index contributed by atoms with van der Waals surface area (Å²) in [6.07, 6.45) is 1.44. The van der Waals surface area contributed by atoms with E-state index in [9.17, 15) is 14.4 Å². The lowest BCUT2D eigenvalue weighted by molar-refractivity contribution is 0.0527. The number of carbonyl (C=O) groups is 3. The van der Waals surface area contributed by atoms with Crippen LogP contribution in [0, 0.1) is 0 Å². The van der Waals surface area contributed by atoms with Crippen LogP contribution in [0.1, 0.15) is 44.9 Å². The largest absolute Gasteiger partial charge is 0.462 e. The molecule has 7 nitrogen and oxygen atoms in total. The molecule has 0 saturated carbocycles. The van der Waals surface area contributed by atoms with E-state index in [-0.39, 0.29) is 23.9 Å². The third-order valence-electron chi connectivity index (χ3n) is 4.39. The van der Waals surface area contributed by atoms with Gasteiger partial charge in [0.2, 0.25) is 0 Å². The maximum absolute atomic E-state index is 12.5. The molecule has 0 saturated heterocycles. The zero-order chi connectivity index (χ0) is 21.0. The van der Waals surface area contributed by atoms with E-state index in [1.54, 1.807) is 56.4 Å². The molecule has 29 heavy (non-hydrogen) atoms. The Hall–Kier alpha value is -3.74. The molecular formula is C22H21N3O4. The average molecular weight is 391 g/mol. The zero-order valence-electron chi connectivity index (χ0n) is 16.4. The Kier molecular flexibility index (Phi) is 5.87. The van der Waals surface area contributed by atoms with Gasteiger partial charge in [-0.15, -0.1) is 0 Å². The van der Waals surface area contributed by atoms with E-state index < -0.39 is 5.97 Å². The number of hydrogen-bond donors (Lipinski definition) is 2. The molecule has 148 valence electrons. The van der Waals surface area contributed by atoms with Crippen molar-refractivity contribution >= 4 is 39.9 Å². The average Bonchev–Trinajstić information content (AvgIpc) is 2.73. The number of rotatable bonds is 6. The van der Waals surface area contributed by atoms with Crippen LogP contribution in [0.4, 0.5) is 11.4 Å². The van der Waals surface area contributed by atoms with Gasteiger partial charge in [-0.2, -0.15) is 0 Å². The molecule has 7 heteroatoms. The summed E-state index contributed by atoms with van der Waals surface area (Å²) in [6, 6.07) is 12.0. The molecule has 0 aliphatic rings. The number of carbonyl (C=O) groups excluding carboxylic acids is 3. The number of nitrogens with one attached hydrogen (secondary N) is 2. The van der Waals surface area contributed by atoms with Gasteiger partial charge in [-0.05, 0) is 44.2 Å². The number of amides is 1. The van der Waals surface area contributed by atoms with Crippen LogP contribution in [0.3, 0.4) is 0 Å². The fourth-order valence-corrected chi connectivity index (χ4v) is 2.94. The first-order chi connectivity index (χ1) is 13.9. The van der Waals surface area contributed by atoms with Gasteiger partial charge in [0.25, 0.3) is 5.91 Å². The highest BCUT2D eigenvalue weighted by molar-refractivity contribution is 6.08. The number of aromatic nitrogens is 1. The van der Waals surface area contributed by atoms with E-state index in [0.717, 1.165) is 0 Å². The Morgan fingerprint density at radius 1 is 1.07 bits per heavy atom. The fourth-order valence-electron chi connectivity index (χ4n) is 2.94. The molecule has 3 rings (SSSR count). The van der Waals surface area contributed by atoms with Crippen molar-refractivity contribution in [3.8, 4) is 0 Å². The van der Waals surface area contributed by atoms with Crippen LogP contribution in [0.5, 0.6) is 0 Å². The maximum atomic E-state index is 12.5. The minimum atomic E-state index is -0.530. The first-order valence-electron chi connectivity index (χ1n) is 9.14. The van der Waals surface area contributed by atoms with Crippen molar-refractivity contribution in [3.05, 3.63) is 65.4 Å². The summed E-state index contributed by atoms with van der Waals surface area (Å²) in [5.41, 5.74) is 2.90. The highest BCUT2D eigenvalue weighted by Crippen LogP contribution is 2.31. The van der Waals surface area contributed by atoms with Gasteiger partial charge in [0.1, 0.15) is 5.56 Å². The summed E-state index contributed by atoms with van der Waals surface area (Å²) in [7, 11) is 1.55. The van der Waals surface area contributed by atoms with Gasteiger partial charge < -0.3 is 15.4 Å². The maximum Gasteiger partial charge on any atom is 0.341 e. The first kappa shape index (κ1) is 20.0. The summed E-state index contributed by atoms with van der Waals surface area (Å²) in [4.78, 5) is 40.7. The van der Waals surface area contributed by atoms with Crippen molar-refractivity contribution in [2.24, 2.45) is 0 Å². The summed E-state index contributed by atoms with van der Waals surface area (Å²) in [5, 5.41) is 6.38. The Balaban J connectivity index is 2.20. The number of anilines is 2. The standard InChI is InChI=1S/C22H21N3O4/c1-4-29-22(28)18-12-24-19-9-8-15(21(27)23-3)11-17(19)20(18)25-16-7-5-6-14(10-16)13(2)26/h5-12H,4H2,1-3H3,(H,23,27)(H,24,25). The van der Waals surface area contributed by atoms with Crippen molar-refractivity contribution in [1.29, 1.82) is 0 Å². The molecule has 0 radical (unpaired) electrons. The van der Waals surface area contributed by atoms with Crippen LogP contribution >= 0.6 is 0 Å². The molecule has 0 spiro atoms. The molecule has 1 aromatic heterocycles. The number of benzene rings is 2. The molecule has 0 aliphatic carbocycles. The summed E-state index contributed by atoms with van der Waals surface area (Å²) < 4.78 is 5.16. The van der Waals surface area contributed by atoms with E-state index in [2.05, 4.69) is 15.6 Å². The van der Waals surface area contributed by atoms with Crippen molar-refractivity contribution in [2.45, 2.75) is 13.8 Å². The first-order valence-corrected chi connectivity index (χ1v) is 9.14.